The lowest BCUT2D eigenvalue weighted by Gasteiger charge is -2.32. The maximum Gasteiger partial charge on any atom is 0.211 e. The van der Waals surface area contributed by atoms with Gasteiger partial charge in [0.05, 0.1) is 24.9 Å². The largest absolute Gasteiger partial charge is 0.383 e. The third-order valence-corrected chi connectivity index (χ3v) is 9.16. The van der Waals surface area contributed by atoms with Crippen LogP contribution < -0.4 is 10.6 Å². The number of hydrogen-bond donors (Lipinski definition) is 1. The van der Waals surface area contributed by atoms with Crippen LogP contribution in [0.4, 0.5) is 11.6 Å². The molecule has 0 radical (unpaired) electrons. The second-order valence-electron chi connectivity index (χ2n) is 9.15. The zero-order chi connectivity index (χ0) is 24.7. The highest BCUT2D eigenvalue weighted by atomic mass is 32.2. The van der Waals surface area contributed by atoms with Gasteiger partial charge in [-0.2, -0.15) is 4.31 Å². The van der Waals surface area contributed by atoms with E-state index in [0.717, 1.165) is 52.4 Å². The minimum atomic E-state index is -3.14. The van der Waals surface area contributed by atoms with Crippen molar-refractivity contribution in [3.63, 3.8) is 0 Å². The van der Waals surface area contributed by atoms with Gasteiger partial charge >= 0.3 is 0 Å². The average molecular weight is 518 g/mol. The molecule has 0 atom stereocenters. The number of nitrogens with zero attached hydrogens (tertiary/aromatic N) is 6. The summed E-state index contributed by atoms with van der Waals surface area (Å²) in [6.07, 6.45) is 3.04. The number of anilines is 2. The third kappa shape index (κ3) is 4.98. The standard InChI is InChI=1S/C23H31N7O3S2/c1-15-16(2)20(24)25-13-19(15)21-26-22(29-8-10-33-11-9-29)18-12-17(34-23(18)27-21)14-28-4-6-30(7-5-28)35(3,31)32/h12-13H,4-11,14H2,1-3H3,(H2,24,25). The molecule has 3 aromatic heterocycles. The van der Waals surface area contributed by atoms with E-state index in [1.807, 2.05) is 13.8 Å². The van der Waals surface area contributed by atoms with E-state index in [4.69, 9.17) is 20.4 Å². The molecular weight excluding hydrogens is 486 g/mol. The molecule has 35 heavy (non-hydrogen) atoms. The van der Waals surface area contributed by atoms with E-state index in [2.05, 4.69) is 20.9 Å². The Labute approximate surface area is 209 Å². The van der Waals surface area contributed by atoms with E-state index in [-0.39, 0.29) is 0 Å². The van der Waals surface area contributed by atoms with Gasteiger partial charge in [0.1, 0.15) is 16.5 Å². The zero-order valence-corrected chi connectivity index (χ0v) is 22.0. The van der Waals surface area contributed by atoms with Crippen LogP contribution in [0.3, 0.4) is 0 Å². The molecule has 5 rings (SSSR count). The first-order chi connectivity index (χ1) is 16.7. The number of morpholine rings is 1. The van der Waals surface area contributed by atoms with E-state index < -0.39 is 10.0 Å². The Morgan fingerprint density at radius 2 is 1.77 bits per heavy atom. The van der Waals surface area contributed by atoms with Gasteiger partial charge in [-0.3, -0.25) is 4.90 Å². The van der Waals surface area contributed by atoms with Crippen LogP contribution in [0.25, 0.3) is 21.6 Å². The zero-order valence-electron chi connectivity index (χ0n) is 20.3. The molecule has 0 amide bonds. The van der Waals surface area contributed by atoms with Crippen LogP contribution in [-0.2, 0) is 21.3 Å². The second kappa shape index (κ2) is 9.58. The second-order valence-corrected chi connectivity index (χ2v) is 12.2. The summed E-state index contributed by atoms with van der Waals surface area (Å²) < 4.78 is 30.8. The number of aromatic nitrogens is 3. The molecule has 12 heteroatoms. The molecule has 10 nitrogen and oxygen atoms in total. The highest BCUT2D eigenvalue weighted by Gasteiger charge is 2.25. The summed E-state index contributed by atoms with van der Waals surface area (Å²) in [5.41, 5.74) is 8.88. The molecule has 0 bridgehead atoms. The Hall–Kier alpha value is -2.38. The smallest absolute Gasteiger partial charge is 0.211 e. The summed E-state index contributed by atoms with van der Waals surface area (Å²) in [4.78, 5) is 21.0. The fourth-order valence-electron chi connectivity index (χ4n) is 4.56. The van der Waals surface area contributed by atoms with Crippen LogP contribution in [0.2, 0.25) is 0 Å². The molecule has 0 aliphatic carbocycles. The molecule has 2 N–H and O–H groups in total. The number of ether oxygens (including phenoxy) is 1. The molecular formula is C23H31N7O3S2. The van der Waals surface area contributed by atoms with Crippen molar-refractivity contribution in [3.05, 3.63) is 28.3 Å². The SMILES string of the molecule is Cc1c(-c2nc(N3CCOCC3)c3cc(CN4CCN(S(C)(=O)=O)CC4)sc3n2)cnc(N)c1C. The molecule has 5 heterocycles. The van der Waals surface area contributed by atoms with E-state index in [0.29, 0.717) is 51.0 Å². The van der Waals surface area contributed by atoms with Crippen molar-refractivity contribution in [3.8, 4) is 11.4 Å². The van der Waals surface area contributed by atoms with Crippen LogP contribution in [-0.4, -0.2) is 91.3 Å². The number of hydrogen-bond acceptors (Lipinski definition) is 10. The van der Waals surface area contributed by atoms with Crippen LogP contribution in [0.1, 0.15) is 16.0 Å². The Kier molecular flexibility index (Phi) is 6.66. The number of nitrogen functional groups attached to an aromatic ring is 1. The minimum Gasteiger partial charge on any atom is -0.383 e. The molecule has 3 aromatic rings. The Balaban J connectivity index is 1.49. The maximum atomic E-state index is 11.8. The van der Waals surface area contributed by atoms with Crippen LogP contribution >= 0.6 is 11.3 Å². The molecule has 2 aliphatic heterocycles. The van der Waals surface area contributed by atoms with Gasteiger partial charge in [-0.1, -0.05) is 0 Å². The van der Waals surface area contributed by atoms with Gasteiger partial charge in [0, 0.05) is 62.5 Å². The van der Waals surface area contributed by atoms with Crippen molar-refractivity contribution in [1.29, 1.82) is 0 Å². The molecule has 0 spiro atoms. The normalized spacial score (nSPS) is 18.4. The van der Waals surface area contributed by atoms with Gasteiger partial charge < -0.3 is 15.4 Å². The van der Waals surface area contributed by atoms with Gasteiger partial charge in [-0.05, 0) is 31.0 Å². The van der Waals surface area contributed by atoms with Crippen LogP contribution in [0, 0.1) is 13.8 Å². The summed E-state index contributed by atoms with van der Waals surface area (Å²) in [6.45, 7) is 10.1. The predicted octanol–water partition coefficient (Wildman–Crippen LogP) is 1.87. The van der Waals surface area contributed by atoms with E-state index in [1.54, 1.807) is 21.8 Å². The number of thiophene rings is 1. The van der Waals surface area contributed by atoms with Crippen molar-refractivity contribution in [2.75, 3.05) is 69.4 Å². The fourth-order valence-corrected chi connectivity index (χ4v) is 6.45. The number of sulfonamides is 1. The summed E-state index contributed by atoms with van der Waals surface area (Å²) in [6, 6.07) is 2.19. The van der Waals surface area contributed by atoms with E-state index in [9.17, 15) is 8.42 Å². The predicted molar refractivity (Wildman–Crippen MR) is 139 cm³/mol. The Morgan fingerprint density at radius 1 is 1.06 bits per heavy atom. The highest BCUT2D eigenvalue weighted by molar-refractivity contribution is 7.88. The van der Waals surface area contributed by atoms with Gasteiger partial charge in [-0.25, -0.2) is 23.4 Å². The Morgan fingerprint density at radius 3 is 2.46 bits per heavy atom. The van der Waals surface area contributed by atoms with Gasteiger partial charge in [0.2, 0.25) is 10.0 Å². The molecule has 0 saturated carbocycles. The average Bonchev–Trinajstić information content (AvgIpc) is 3.24. The number of pyridine rings is 1. The molecule has 0 aromatic carbocycles. The van der Waals surface area contributed by atoms with Crippen molar-refractivity contribution in [2.24, 2.45) is 0 Å². The summed E-state index contributed by atoms with van der Waals surface area (Å²) in [5, 5.41) is 1.04. The van der Waals surface area contributed by atoms with Gasteiger partial charge in [0.25, 0.3) is 0 Å². The number of nitrogens with two attached hydrogens (primary N) is 1. The summed E-state index contributed by atoms with van der Waals surface area (Å²) >= 11 is 1.67. The fraction of sp³-hybridized carbons (Fsp3) is 0.522. The van der Waals surface area contributed by atoms with Crippen molar-refractivity contribution in [2.45, 2.75) is 20.4 Å². The van der Waals surface area contributed by atoms with E-state index >= 15 is 0 Å². The Bertz CT molecular complexity index is 1340. The summed E-state index contributed by atoms with van der Waals surface area (Å²) in [7, 11) is -3.14. The first-order valence-corrected chi connectivity index (χ1v) is 14.4. The van der Waals surface area contributed by atoms with Crippen molar-refractivity contribution < 1.29 is 13.2 Å². The first kappa shape index (κ1) is 24.3. The molecule has 0 unspecified atom stereocenters. The lowest BCUT2D eigenvalue weighted by molar-refractivity contribution is 0.122. The van der Waals surface area contributed by atoms with Crippen molar-refractivity contribution >= 4 is 43.2 Å². The van der Waals surface area contributed by atoms with Gasteiger partial charge in [0.15, 0.2) is 5.82 Å². The van der Waals surface area contributed by atoms with Crippen molar-refractivity contribution in [1.82, 2.24) is 24.2 Å². The van der Waals surface area contributed by atoms with Crippen LogP contribution in [0.15, 0.2) is 12.3 Å². The lowest BCUT2D eigenvalue weighted by atomic mass is 10.1. The molecule has 188 valence electrons. The number of rotatable bonds is 5. The number of piperazine rings is 1. The van der Waals surface area contributed by atoms with Crippen LogP contribution in [0.5, 0.6) is 0 Å². The first-order valence-electron chi connectivity index (χ1n) is 11.7. The topological polar surface area (TPSA) is 118 Å². The van der Waals surface area contributed by atoms with E-state index in [1.165, 1.54) is 11.1 Å². The van der Waals surface area contributed by atoms with Gasteiger partial charge in [-0.15, -0.1) is 11.3 Å². The highest BCUT2D eigenvalue weighted by Crippen LogP contribution is 2.35. The molecule has 2 aliphatic rings. The quantitative estimate of drug-likeness (QED) is 0.541. The minimum absolute atomic E-state index is 0.523. The lowest BCUT2D eigenvalue weighted by Crippen LogP contribution is -2.47. The third-order valence-electron chi connectivity index (χ3n) is 6.84. The monoisotopic (exact) mass is 517 g/mol. The maximum absolute atomic E-state index is 11.8. The molecule has 2 saturated heterocycles. The molecule has 2 fully saturated rings. The number of fused-ring (bicyclic) bond motifs is 1. The summed E-state index contributed by atoms with van der Waals surface area (Å²) in [5.74, 6) is 2.10.